The smallest absolute Gasteiger partial charge is 0.410 e. The van der Waals surface area contributed by atoms with Crippen LogP contribution in [0, 0.1) is 5.92 Å². The number of ether oxygens (including phenoxy) is 1. The lowest BCUT2D eigenvalue weighted by molar-refractivity contribution is 0.0425. The Morgan fingerprint density at radius 3 is 2.81 bits per heavy atom. The van der Waals surface area contributed by atoms with Gasteiger partial charge in [0.25, 0.3) is 0 Å². The normalized spacial score (nSPS) is 20.7. The Labute approximate surface area is 95.0 Å². The molecule has 0 spiro atoms. The van der Waals surface area contributed by atoms with Crippen LogP contribution in [0.5, 0.6) is 0 Å². The standard InChI is InChI=1S/C12H16N2O2/c13-6-11-8-14(12(15)16-9-11)7-10-4-2-1-3-5-10/h1-5,11H,6-9,13H2. The van der Waals surface area contributed by atoms with Crippen LogP contribution in [0.15, 0.2) is 30.3 Å². The molecular weight excluding hydrogens is 204 g/mol. The molecule has 0 aliphatic carbocycles. The van der Waals surface area contributed by atoms with Crippen LogP contribution in [-0.2, 0) is 11.3 Å². The van der Waals surface area contributed by atoms with Crippen molar-refractivity contribution in [3.05, 3.63) is 35.9 Å². The van der Waals surface area contributed by atoms with Gasteiger partial charge in [0.2, 0.25) is 0 Å². The molecule has 1 unspecified atom stereocenters. The van der Waals surface area contributed by atoms with Crippen LogP contribution in [-0.4, -0.2) is 30.7 Å². The average Bonchev–Trinajstić information content (AvgIpc) is 2.33. The summed E-state index contributed by atoms with van der Waals surface area (Å²) in [4.78, 5) is 13.2. The average molecular weight is 220 g/mol. The molecule has 4 heteroatoms. The van der Waals surface area contributed by atoms with Crippen molar-refractivity contribution in [3.8, 4) is 0 Å². The monoisotopic (exact) mass is 220 g/mol. The van der Waals surface area contributed by atoms with Crippen molar-refractivity contribution in [2.75, 3.05) is 19.7 Å². The van der Waals surface area contributed by atoms with Crippen LogP contribution in [0.1, 0.15) is 5.56 Å². The Balaban J connectivity index is 2.00. The quantitative estimate of drug-likeness (QED) is 0.833. The van der Waals surface area contributed by atoms with Gasteiger partial charge in [-0.15, -0.1) is 0 Å². The molecule has 0 aromatic heterocycles. The molecule has 4 nitrogen and oxygen atoms in total. The predicted octanol–water partition coefficient (Wildman–Crippen LogP) is 1.21. The van der Waals surface area contributed by atoms with E-state index in [1.54, 1.807) is 4.90 Å². The van der Waals surface area contributed by atoms with E-state index < -0.39 is 0 Å². The van der Waals surface area contributed by atoms with E-state index in [9.17, 15) is 4.79 Å². The number of benzene rings is 1. The van der Waals surface area contributed by atoms with Crippen molar-refractivity contribution in [1.82, 2.24) is 4.90 Å². The van der Waals surface area contributed by atoms with E-state index >= 15 is 0 Å². The number of rotatable bonds is 3. The van der Waals surface area contributed by atoms with Gasteiger partial charge in [-0.05, 0) is 5.56 Å². The maximum Gasteiger partial charge on any atom is 0.410 e. The zero-order valence-corrected chi connectivity index (χ0v) is 9.13. The van der Waals surface area contributed by atoms with Gasteiger partial charge in [0, 0.05) is 25.6 Å². The fourth-order valence-corrected chi connectivity index (χ4v) is 1.79. The predicted molar refractivity (Wildman–Crippen MR) is 60.7 cm³/mol. The molecule has 1 aromatic rings. The van der Waals surface area contributed by atoms with Crippen molar-refractivity contribution >= 4 is 6.09 Å². The van der Waals surface area contributed by atoms with Crippen LogP contribution in [0.3, 0.4) is 0 Å². The SMILES string of the molecule is NCC1COC(=O)N(Cc2ccccc2)C1. The largest absolute Gasteiger partial charge is 0.449 e. The number of nitrogens with two attached hydrogens (primary N) is 1. The molecule has 1 aromatic carbocycles. The third kappa shape index (κ3) is 2.52. The molecule has 86 valence electrons. The van der Waals surface area contributed by atoms with Gasteiger partial charge < -0.3 is 15.4 Å². The zero-order chi connectivity index (χ0) is 11.4. The summed E-state index contributed by atoms with van der Waals surface area (Å²) >= 11 is 0. The van der Waals surface area contributed by atoms with E-state index in [0.29, 0.717) is 26.2 Å². The summed E-state index contributed by atoms with van der Waals surface area (Å²) in [5, 5.41) is 0. The second-order valence-corrected chi connectivity index (χ2v) is 4.04. The first-order valence-corrected chi connectivity index (χ1v) is 5.45. The fraction of sp³-hybridized carbons (Fsp3) is 0.417. The Bertz CT molecular complexity index is 353. The summed E-state index contributed by atoms with van der Waals surface area (Å²) in [6.07, 6.45) is -0.242. The van der Waals surface area contributed by atoms with Gasteiger partial charge in [0.05, 0.1) is 6.61 Å². The summed E-state index contributed by atoms with van der Waals surface area (Å²) < 4.78 is 5.07. The van der Waals surface area contributed by atoms with Gasteiger partial charge in [-0.25, -0.2) is 4.79 Å². The fourth-order valence-electron chi connectivity index (χ4n) is 1.79. The third-order valence-corrected chi connectivity index (χ3v) is 2.73. The van der Waals surface area contributed by atoms with Gasteiger partial charge in [-0.2, -0.15) is 0 Å². The molecule has 1 saturated heterocycles. The summed E-state index contributed by atoms with van der Waals surface area (Å²) in [7, 11) is 0. The van der Waals surface area contributed by atoms with Crippen molar-refractivity contribution in [2.45, 2.75) is 6.54 Å². The Kier molecular flexibility index (Phi) is 3.41. The lowest BCUT2D eigenvalue weighted by Crippen LogP contribution is -2.44. The molecule has 1 aliphatic rings. The van der Waals surface area contributed by atoms with Crippen molar-refractivity contribution in [3.63, 3.8) is 0 Å². The van der Waals surface area contributed by atoms with Crippen molar-refractivity contribution in [1.29, 1.82) is 0 Å². The first-order valence-electron chi connectivity index (χ1n) is 5.45. The van der Waals surface area contributed by atoms with Crippen molar-refractivity contribution in [2.24, 2.45) is 11.7 Å². The Morgan fingerprint density at radius 1 is 1.38 bits per heavy atom. The minimum Gasteiger partial charge on any atom is -0.449 e. The van der Waals surface area contributed by atoms with E-state index in [0.717, 1.165) is 5.56 Å². The van der Waals surface area contributed by atoms with Gasteiger partial charge in [-0.3, -0.25) is 0 Å². The number of hydrogen-bond donors (Lipinski definition) is 1. The number of nitrogens with zero attached hydrogens (tertiary/aromatic N) is 1. The molecule has 0 radical (unpaired) electrons. The molecule has 2 rings (SSSR count). The van der Waals surface area contributed by atoms with Gasteiger partial charge in [0.15, 0.2) is 0 Å². The number of hydrogen-bond acceptors (Lipinski definition) is 3. The highest BCUT2D eigenvalue weighted by molar-refractivity contribution is 5.68. The van der Waals surface area contributed by atoms with Crippen molar-refractivity contribution < 1.29 is 9.53 Å². The highest BCUT2D eigenvalue weighted by Crippen LogP contribution is 2.13. The zero-order valence-electron chi connectivity index (χ0n) is 9.13. The minimum absolute atomic E-state index is 0.242. The molecule has 16 heavy (non-hydrogen) atoms. The van der Waals surface area contributed by atoms with E-state index in [-0.39, 0.29) is 12.0 Å². The topological polar surface area (TPSA) is 55.6 Å². The van der Waals surface area contributed by atoms with E-state index in [1.165, 1.54) is 0 Å². The second kappa shape index (κ2) is 4.99. The summed E-state index contributed by atoms with van der Waals surface area (Å²) in [5.74, 6) is 0.251. The number of carbonyl (C=O) groups excluding carboxylic acids is 1. The third-order valence-electron chi connectivity index (χ3n) is 2.73. The van der Waals surface area contributed by atoms with Gasteiger partial charge in [0.1, 0.15) is 0 Å². The maximum absolute atomic E-state index is 11.5. The minimum atomic E-state index is -0.242. The maximum atomic E-state index is 11.5. The molecule has 1 atom stereocenters. The Morgan fingerprint density at radius 2 is 2.12 bits per heavy atom. The molecular formula is C12H16N2O2. The second-order valence-electron chi connectivity index (χ2n) is 4.04. The number of amides is 1. The number of cyclic esters (lactones) is 1. The van der Waals surface area contributed by atoms with E-state index in [1.807, 2.05) is 30.3 Å². The molecule has 0 saturated carbocycles. The molecule has 2 N–H and O–H groups in total. The van der Waals surface area contributed by atoms with Crippen LogP contribution < -0.4 is 5.73 Å². The molecule has 0 bridgehead atoms. The highest BCUT2D eigenvalue weighted by Gasteiger charge is 2.25. The van der Waals surface area contributed by atoms with Crippen LogP contribution in [0.2, 0.25) is 0 Å². The summed E-state index contributed by atoms with van der Waals surface area (Å²) in [6.45, 7) is 2.28. The Hall–Kier alpha value is -1.55. The van der Waals surface area contributed by atoms with E-state index in [2.05, 4.69) is 0 Å². The van der Waals surface area contributed by atoms with Gasteiger partial charge in [-0.1, -0.05) is 30.3 Å². The lowest BCUT2D eigenvalue weighted by Gasteiger charge is -2.31. The van der Waals surface area contributed by atoms with Crippen LogP contribution in [0.25, 0.3) is 0 Å². The summed E-state index contributed by atoms with van der Waals surface area (Å²) in [5.41, 5.74) is 6.69. The molecule has 1 aliphatic heterocycles. The van der Waals surface area contributed by atoms with Crippen LogP contribution in [0.4, 0.5) is 4.79 Å². The number of carbonyl (C=O) groups is 1. The van der Waals surface area contributed by atoms with Gasteiger partial charge >= 0.3 is 6.09 Å². The first kappa shape index (κ1) is 11.0. The lowest BCUT2D eigenvalue weighted by atomic mass is 10.1. The first-order chi connectivity index (χ1) is 7.79. The molecule has 1 amide bonds. The van der Waals surface area contributed by atoms with Crippen LogP contribution >= 0.6 is 0 Å². The molecule has 1 heterocycles. The highest BCUT2D eigenvalue weighted by atomic mass is 16.6. The summed E-state index contributed by atoms with van der Waals surface area (Å²) in [6, 6.07) is 9.88. The van der Waals surface area contributed by atoms with E-state index in [4.69, 9.17) is 10.5 Å². The molecule has 1 fully saturated rings.